The maximum absolute atomic E-state index is 5.92. The van der Waals surface area contributed by atoms with E-state index in [2.05, 4.69) is 12.2 Å². The normalized spacial score (nSPS) is 14.1. The van der Waals surface area contributed by atoms with E-state index in [1.54, 1.807) is 0 Å². The number of halogens is 1. The number of benzene rings is 1. The fourth-order valence-corrected chi connectivity index (χ4v) is 2.75. The molecular weight excluding hydrogens is 270 g/mol. The Morgan fingerprint density at radius 3 is 2.75 bits per heavy atom. The smallest absolute Gasteiger partial charge is 0.133 e. The van der Waals surface area contributed by atoms with Crippen molar-refractivity contribution in [1.29, 1.82) is 0 Å². The Balaban J connectivity index is 1.91. The van der Waals surface area contributed by atoms with Gasteiger partial charge in [-0.1, -0.05) is 30.7 Å². The first-order valence-corrected chi connectivity index (χ1v) is 7.46. The molecule has 0 unspecified atom stereocenters. The van der Waals surface area contributed by atoms with Crippen molar-refractivity contribution in [3.05, 3.63) is 57.6 Å². The summed E-state index contributed by atoms with van der Waals surface area (Å²) in [4.78, 5) is 9.49. The van der Waals surface area contributed by atoms with E-state index in [9.17, 15) is 0 Å². The Morgan fingerprint density at radius 1 is 1.20 bits per heavy atom. The lowest BCUT2D eigenvalue weighted by atomic mass is 10.0. The molecule has 0 radical (unpaired) electrons. The van der Waals surface area contributed by atoms with Crippen LogP contribution in [-0.4, -0.2) is 16.5 Å². The largest absolute Gasteiger partial charge is 0.312 e. The van der Waals surface area contributed by atoms with E-state index >= 15 is 0 Å². The van der Waals surface area contributed by atoms with Crippen molar-refractivity contribution in [1.82, 2.24) is 15.3 Å². The summed E-state index contributed by atoms with van der Waals surface area (Å²) in [6.07, 6.45) is 2.73. The summed E-state index contributed by atoms with van der Waals surface area (Å²) in [5.41, 5.74) is 4.91. The van der Waals surface area contributed by atoms with E-state index in [1.165, 1.54) is 22.5 Å². The number of nitrogens with one attached hydrogen (secondary N) is 1. The predicted molar refractivity (Wildman–Crippen MR) is 81.1 cm³/mol. The quantitative estimate of drug-likeness (QED) is 0.943. The van der Waals surface area contributed by atoms with Gasteiger partial charge in [0.1, 0.15) is 5.82 Å². The fourth-order valence-electron chi connectivity index (χ4n) is 2.63. The molecule has 1 aromatic heterocycles. The number of rotatable bonds is 3. The highest BCUT2D eigenvalue weighted by Gasteiger charge is 2.16. The van der Waals surface area contributed by atoms with Crippen molar-refractivity contribution in [2.45, 2.75) is 32.7 Å². The number of aromatic nitrogens is 2. The zero-order valence-electron chi connectivity index (χ0n) is 11.6. The van der Waals surface area contributed by atoms with Crippen LogP contribution in [0.15, 0.2) is 24.3 Å². The third-order valence-corrected chi connectivity index (χ3v) is 3.93. The lowest BCUT2D eigenvalue weighted by Gasteiger charge is -2.19. The molecule has 104 valence electrons. The lowest BCUT2D eigenvalue weighted by molar-refractivity contribution is 0.611. The van der Waals surface area contributed by atoms with Crippen LogP contribution in [0, 0.1) is 0 Å². The first-order valence-electron chi connectivity index (χ1n) is 7.09. The van der Waals surface area contributed by atoms with Crippen molar-refractivity contribution in [2.24, 2.45) is 0 Å². The molecule has 0 saturated heterocycles. The molecule has 0 atom stereocenters. The Labute approximate surface area is 124 Å². The third kappa shape index (κ3) is 2.84. The standard InChI is InChI=1S/C16H18ClN3/c1-2-14-13-10-18-8-7-15(13)20-16(19-14)9-11-3-5-12(17)6-4-11/h3-6,18H,2,7-10H2,1H3. The molecule has 2 aromatic rings. The van der Waals surface area contributed by atoms with Gasteiger partial charge >= 0.3 is 0 Å². The molecular formula is C16H18ClN3. The van der Waals surface area contributed by atoms with Gasteiger partial charge in [-0.15, -0.1) is 0 Å². The molecule has 1 aliphatic rings. The maximum Gasteiger partial charge on any atom is 0.133 e. The van der Waals surface area contributed by atoms with Crippen molar-refractivity contribution in [3.63, 3.8) is 0 Å². The van der Waals surface area contributed by atoms with Crippen LogP contribution in [0.5, 0.6) is 0 Å². The van der Waals surface area contributed by atoms with Crippen LogP contribution in [0.25, 0.3) is 0 Å². The van der Waals surface area contributed by atoms with Gasteiger partial charge in [-0.2, -0.15) is 0 Å². The van der Waals surface area contributed by atoms with E-state index in [4.69, 9.17) is 21.6 Å². The minimum absolute atomic E-state index is 0.764. The highest BCUT2D eigenvalue weighted by atomic mass is 35.5. The molecule has 0 spiro atoms. The summed E-state index contributed by atoms with van der Waals surface area (Å²) in [6, 6.07) is 7.91. The van der Waals surface area contributed by atoms with Crippen LogP contribution in [0.4, 0.5) is 0 Å². The summed E-state index contributed by atoms with van der Waals surface area (Å²) in [7, 11) is 0. The molecule has 4 heteroatoms. The summed E-state index contributed by atoms with van der Waals surface area (Å²) < 4.78 is 0. The molecule has 0 saturated carbocycles. The van der Waals surface area contributed by atoms with Crippen molar-refractivity contribution in [3.8, 4) is 0 Å². The van der Waals surface area contributed by atoms with Crippen molar-refractivity contribution < 1.29 is 0 Å². The average Bonchev–Trinajstić information content (AvgIpc) is 2.49. The Hall–Kier alpha value is -1.45. The Kier molecular flexibility index (Phi) is 3.99. The van der Waals surface area contributed by atoms with Crippen molar-refractivity contribution in [2.75, 3.05) is 6.54 Å². The summed E-state index contributed by atoms with van der Waals surface area (Å²) in [5.74, 6) is 0.921. The van der Waals surface area contributed by atoms with E-state index in [0.717, 1.165) is 43.2 Å². The van der Waals surface area contributed by atoms with Gasteiger partial charge in [-0.05, 0) is 24.1 Å². The molecule has 1 aliphatic heterocycles. The number of nitrogens with zero attached hydrogens (tertiary/aromatic N) is 2. The van der Waals surface area contributed by atoms with Crippen LogP contribution in [-0.2, 0) is 25.8 Å². The second kappa shape index (κ2) is 5.90. The molecule has 0 amide bonds. The number of aryl methyl sites for hydroxylation is 1. The first-order chi connectivity index (χ1) is 9.76. The highest BCUT2D eigenvalue weighted by Crippen LogP contribution is 2.18. The zero-order valence-corrected chi connectivity index (χ0v) is 12.4. The number of hydrogen-bond donors (Lipinski definition) is 1. The second-order valence-electron chi connectivity index (χ2n) is 5.10. The second-order valence-corrected chi connectivity index (χ2v) is 5.53. The monoisotopic (exact) mass is 287 g/mol. The van der Waals surface area contributed by atoms with Crippen LogP contribution in [0.1, 0.15) is 35.3 Å². The summed E-state index contributed by atoms with van der Waals surface area (Å²) in [5, 5.41) is 4.16. The predicted octanol–water partition coefficient (Wildman–Crippen LogP) is 2.93. The van der Waals surface area contributed by atoms with Gasteiger partial charge in [0.25, 0.3) is 0 Å². The minimum Gasteiger partial charge on any atom is -0.312 e. The average molecular weight is 288 g/mol. The molecule has 3 rings (SSSR count). The molecule has 1 aromatic carbocycles. The van der Waals surface area contributed by atoms with Gasteiger partial charge in [0.15, 0.2) is 0 Å². The molecule has 0 fully saturated rings. The Bertz CT molecular complexity index is 591. The summed E-state index contributed by atoms with van der Waals surface area (Å²) >= 11 is 5.92. The number of fused-ring (bicyclic) bond motifs is 1. The van der Waals surface area contributed by atoms with Gasteiger partial charge in [0.05, 0.1) is 5.69 Å². The maximum atomic E-state index is 5.92. The fraction of sp³-hybridized carbons (Fsp3) is 0.375. The highest BCUT2D eigenvalue weighted by molar-refractivity contribution is 6.30. The molecule has 20 heavy (non-hydrogen) atoms. The third-order valence-electron chi connectivity index (χ3n) is 3.68. The molecule has 0 aliphatic carbocycles. The molecule has 1 N–H and O–H groups in total. The SMILES string of the molecule is CCc1nc(Cc2ccc(Cl)cc2)nc2c1CNCC2. The van der Waals surface area contributed by atoms with Gasteiger partial charge in [0.2, 0.25) is 0 Å². The van der Waals surface area contributed by atoms with Crippen LogP contribution in [0.3, 0.4) is 0 Å². The zero-order chi connectivity index (χ0) is 13.9. The van der Waals surface area contributed by atoms with Gasteiger partial charge in [-0.25, -0.2) is 9.97 Å². The van der Waals surface area contributed by atoms with E-state index in [0.29, 0.717) is 0 Å². The molecule has 3 nitrogen and oxygen atoms in total. The van der Waals surface area contributed by atoms with Crippen LogP contribution in [0.2, 0.25) is 5.02 Å². The van der Waals surface area contributed by atoms with Crippen LogP contribution >= 0.6 is 11.6 Å². The summed E-state index contributed by atoms with van der Waals surface area (Å²) in [6.45, 7) is 4.07. The first kappa shape index (κ1) is 13.5. The van der Waals surface area contributed by atoms with E-state index in [1.807, 2.05) is 24.3 Å². The lowest BCUT2D eigenvalue weighted by Crippen LogP contribution is -2.27. The van der Waals surface area contributed by atoms with Gasteiger partial charge in [0, 0.05) is 42.2 Å². The van der Waals surface area contributed by atoms with E-state index < -0.39 is 0 Å². The molecule has 0 bridgehead atoms. The van der Waals surface area contributed by atoms with Gasteiger partial charge in [-0.3, -0.25) is 0 Å². The molecule has 2 heterocycles. The topological polar surface area (TPSA) is 37.8 Å². The number of hydrogen-bond acceptors (Lipinski definition) is 3. The van der Waals surface area contributed by atoms with E-state index in [-0.39, 0.29) is 0 Å². The van der Waals surface area contributed by atoms with Crippen molar-refractivity contribution >= 4 is 11.6 Å². The Morgan fingerprint density at radius 2 is 2.00 bits per heavy atom. The minimum atomic E-state index is 0.764. The van der Waals surface area contributed by atoms with Gasteiger partial charge < -0.3 is 5.32 Å². The van der Waals surface area contributed by atoms with Crippen LogP contribution < -0.4 is 5.32 Å².